The third kappa shape index (κ3) is 6.08. The molecule has 0 fully saturated rings. The summed E-state index contributed by atoms with van der Waals surface area (Å²) in [5.41, 5.74) is 0.331. The van der Waals surface area contributed by atoms with E-state index >= 15 is 0 Å². The molecule has 8 heteroatoms. The summed E-state index contributed by atoms with van der Waals surface area (Å²) in [5, 5.41) is 5.70. The second-order valence-electron chi connectivity index (χ2n) is 7.05. The van der Waals surface area contributed by atoms with Crippen molar-refractivity contribution in [1.82, 2.24) is 0 Å². The van der Waals surface area contributed by atoms with Gasteiger partial charge in [0.2, 0.25) is 11.8 Å². The van der Waals surface area contributed by atoms with Gasteiger partial charge in [-0.1, -0.05) is 38.4 Å². The molecule has 2 rings (SSSR count). The summed E-state index contributed by atoms with van der Waals surface area (Å²) >= 11 is 5.75. The number of sulfone groups is 1. The maximum Gasteiger partial charge on any atom is 0.239 e. The fraction of sp³-hybridized carbons (Fsp3) is 0.263. The van der Waals surface area contributed by atoms with E-state index in [9.17, 15) is 18.0 Å². The highest BCUT2D eigenvalue weighted by Gasteiger charge is 2.22. The zero-order valence-electron chi connectivity index (χ0n) is 15.2. The minimum atomic E-state index is -3.79. The van der Waals surface area contributed by atoms with Crippen molar-refractivity contribution < 1.29 is 18.0 Å². The van der Waals surface area contributed by atoms with Gasteiger partial charge in [0, 0.05) is 21.8 Å². The molecule has 0 saturated carbocycles. The number of benzene rings is 2. The highest BCUT2D eigenvalue weighted by molar-refractivity contribution is 7.92. The molecule has 2 amide bonds. The van der Waals surface area contributed by atoms with Crippen molar-refractivity contribution in [2.45, 2.75) is 25.7 Å². The van der Waals surface area contributed by atoms with Crippen LogP contribution in [0.5, 0.6) is 0 Å². The lowest BCUT2D eigenvalue weighted by Gasteiger charge is -2.18. The van der Waals surface area contributed by atoms with Crippen molar-refractivity contribution >= 4 is 44.6 Å². The van der Waals surface area contributed by atoms with E-state index in [1.54, 1.807) is 45.0 Å². The number of carbonyl (C=O) groups excluding carboxylic acids is 2. The van der Waals surface area contributed by atoms with E-state index in [1.165, 1.54) is 24.3 Å². The third-order valence-corrected chi connectivity index (χ3v) is 5.46. The van der Waals surface area contributed by atoms with Gasteiger partial charge in [0.05, 0.1) is 4.90 Å². The summed E-state index contributed by atoms with van der Waals surface area (Å²) in [4.78, 5) is 24.2. The van der Waals surface area contributed by atoms with E-state index in [4.69, 9.17) is 11.6 Å². The van der Waals surface area contributed by atoms with Crippen LogP contribution < -0.4 is 10.6 Å². The van der Waals surface area contributed by atoms with Gasteiger partial charge in [-0.15, -0.1) is 0 Å². The Labute approximate surface area is 163 Å². The Hall–Kier alpha value is -2.38. The lowest BCUT2D eigenvalue weighted by atomic mass is 9.95. The van der Waals surface area contributed by atoms with Crippen molar-refractivity contribution in [3.05, 3.63) is 53.6 Å². The Morgan fingerprint density at radius 2 is 1.52 bits per heavy atom. The second kappa shape index (κ2) is 8.10. The van der Waals surface area contributed by atoms with E-state index < -0.39 is 26.9 Å². The lowest BCUT2D eigenvalue weighted by molar-refractivity contribution is -0.123. The zero-order valence-corrected chi connectivity index (χ0v) is 16.8. The molecule has 0 aliphatic heterocycles. The highest BCUT2D eigenvalue weighted by Crippen LogP contribution is 2.20. The predicted octanol–water partition coefficient (Wildman–Crippen LogP) is 3.74. The molecule has 0 bridgehead atoms. The Morgan fingerprint density at radius 1 is 0.963 bits per heavy atom. The third-order valence-electron chi connectivity index (χ3n) is 3.58. The molecule has 0 saturated heterocycles. The first-order valence-corrected chi connectivity index (χ1v) is 10.2. The first kappa shape index (κ1) is 20.9. The SMILES string of the molecule is CC(C)(C)C(=O)Nc1cccc(NC(=O)CS(=O)(=O)c2ccc(Cl)cc2)c1. The molecule has 2 aromatic carbocycles. The monoisotopic (exact) mass is 408 g/mol. The fourth-order valence-corrected chi connectivity index (χ4v) is 3.35. The van der Waals surface area contributed by atoms with Gasteiger partial charge in [-0.2, -0.15) is 0 Å². The topological polar surface area (TPSA) is 92.3 Å². The summed E-state index contributed by atoms with van der Waals surface area (Å²) in [6, 6.07) is 12.1. The fourth-order valence-electron chi connectivity index (χ4n) is 2.09. The normalized spacial score (nSPS) is 11.7. The van der Waals surface area contributed by atoms with Gasteiger partial charge in [-0.25, -0.2) is 8.42 Å². The molecule has 0 unspecified atom stereocenters. The van der Waals surface area contributed by atoms with Gasteiger partial charge in [0.25, 0.3) is 0 Å². The molecule has 0 heterocycles. The molecule has 0 aromatic heterocycles. The Balaban J connectivity index is 2.06. The first-order valence-electron chi connectivity index (χ1n) is 8.17. The summed E-state index contributed by atoms with van der Waals surface area (Å²) in [5.74, 6) is -1.55. The van der Waals surface area contributed by atoms with Crippen molar-refractivity contribution in [3.63, 3.8) is 0 Å². The number of carbonyl (C=O) groups is 2. The molecular weight excluding hydrogens is 388 g/mol. The van der Waals surface area contributed by atoms with Crippen LogP contribution in [0.25, 0.3) is 0 Å². The zero-order chi connectivity index (χ0) is 20.2. The minimum Gasteiger partial charge on any atom is -0.326 e. The van der Waals surface area contributed by atoms with Crippen LogP contribution in [0.3, 0.4) is 0 Å². The number of amides is 2. The lowest BCUT2D eigenvalue weighted by Crippen LogP contribution is -2.27. The molecule has 0 aliphatic carbocycles. The second-order valence-corrected chi connectivity index (χ2v) is 9.47. The molecule has 0 aliphatic rings. The number of hydrogen-bond acceptors (Lipinski definition) is 4. The van der Waals surface area contributed by atoms with Crippen LogP contribution in [0.15, 0.2) is 53.4 Å². The summed E-state index contributed by atoms with van der Waals surface area (Å²) in [6.45, 7) is 5.36. The standard InChI is InChI=1S/C19H21ClN2O4S/c1-19(2,3)18(24)22-15-6-4-5-14(11-15)21-17(23)12-27(25,26)16-9-7-13(20)8-10-16/h4-11H,12H2,1-3H3,(H,21,23)(H,22,24). The number of hydrogen-bond donors (Lipinski definition) is 2. The number of halogens is 1. The molecule has 0 radical (unpaired) electrons. The number of rotatable bonds is 5. The quantitative estimate of drug-likeness (QED) is 0.788. The number of nitrogens with one attached hydrogen (secondary N) is 2. The van der Waals surface area contributed by atoms with Crippen molar-refractivity contribution in [1.29, 1.82) is 0 Å². The van der Waals surface area contributed by atoms with E-state index in [0.29, 0.717) is 16.4 Å². The molecular formula is C19H21ClN2O4S. The van der Waals surface area contributed by atoms with Crippen LogP contribution >= 0.6 is 11.6 Å². The average Bonchev–Trinajstić information content (AvgIpc) is 2.54. The van der Waals surface area contributed by atoms with Gasteiger partial charge in [-0.05, 0) is 42.5 Å². The van der Waals surface area contributed by atoms with E-state index in [1.807, 2.05) is 0 Å². The first-order chi connectivity index (χ1) is 12.5. The van der Waals surface area contributed by atoms with Gasteiger partial charge in [0.1, 0.15) is 5.75 Å². The largest absolute Gasteiger partial charge is 0.326 e. The maximum absolute atomic E-state index is 12.3. The summed E-state index contributed by atoms with van der Waals surface area (Å²) in [6.07, 6.45) is 0. The van der Waals surface area contributed by atoms with Crippen LogP contribution in [0, 0.1) is 5.41 Å². The highest BCUT2D eigenvalue weighted by atomic mass is 35.5. The molecule has 2 N–H and O–H groups in total. The molecule has 2 aromatic rings. The van der Waals surface area contributed by atoms with E-state index in [-0.39, 0.29) is 10.8 Å². The number of anilines is 2. The van der Waals surface area contributed by atoms with Crippen LogP contribution in [-0.4, -0.2) is 26.0 Å². The van der Waals surface area contributed by atoms with Crippen molar-refractivity contribution in [2.24, 2.45) is 5.41 Å². The summed E-state index contributed by atoms with van der Waals surface area (Å²) < 4.78 is 24.6. The van der Waals surface area contributed by atoms with Crippen molar-refractivity contribution in [2.75, 3.05) is 16.4 Å². The van der Waals surface area contributed by atoms with Crippen LogP contribution in [0.2, 0.25) is 5.02 Å². The van der Waals surface area contributed by atoms with E-state index in [0.717, 1.165) is 0 Å². The van der Waals surface area contributed by atoms with Gasteiger partial charge in [0.15, 0.2) is 9.84 Å². The molecule has 27 heavy (non-hydrogen) atoms. The van der Waals surface area contributed by atoms with Gasteiger partial charge < -0.3 is 10.6 Å². The van der Waals surface area contributed by atoms with Crippen LogP contribution in [-0.2, 0) is 19.4 Å². The average molecular weight is 409 g/mol. The smallest absolute Gasteiger partial charge is 0.239 e. The Bertz CT molecular complexity index is 948. The van der Waals surface area contributed by atoms with E-state index in [2.05, 4.69) is 10.6 Å². The maximum atomic E-state index is 12.3. The molecule has 6 nitrogen and oxygen atoms in total. The van der Waals surface area contributed by atoms with Gasteiger partial charge in [-0.3, -0.25) is 9.59 Å². The van der Waals surface area contributed by atoms with Gasteiger partial charge >= 0.3 is 0 Å². The Kier molecular flexibility index (Phi) is 6.28. The van der Waals surface area contributed by atoms with Crippen LogP contribution in [0.1, 0.15) is 20.8 Å². The summed E-state index contributed by atoms with van der Waals surface area (Å²) in [7, 11) is -3.79. The Morgan fingerprint density at radius 3 is 2.07 bits per heavy atom. The van der Waals surface area contributed by atoms with Crippen LogP contribution in [0.4, 0.5) is 11.4 Å². The van der Waals surface area contributed by atoms with Crippen molar-refractivity contribution in [3.8, 4) is 0 Å². The predicted molar refractivity (Wildman–Crippen MR) is 107 cm³/mol. The molecule has 144 valence electrons. The molecule has 0 atom stereocenters. The minimum absolute atomic E-state index is 0.0215. The molecule has 0 spiro atoms.